The van der Waals surface area contributed by atoms with E-state index in [2.05, 4.69) is 15.9 Å². The second-order valence-corrected chi connectivity index (χ2v) is 4.21. The van der Waals surface area contributed by atoms with Crippen LogP contribution in [0, 0.1) is 0 Å². The maximum absolute atomic E-state index is 9.70. The summed E-state index contributed by atoms with van der Waals surface area (Å²) in [6.07, 6.45) is 0.789. The molecule has 1 aromatic heterocycles. The first kappa shape index (κ1) is 11.2. The molecule has 0 aliphatic carbocycles. The van der Waals surface area contributed by atoms with Crippen molar-refractivity contribution in [2.45, 2.75) is 6.10 Å². The molecule has 3 nitrogen and oxygen atoms in total. The molecule has 1 heterocycles. The molecule has 2 rings (SSSR count). The molecule has 0 fully saturated rings. The van der Waals surface area contributed by atoms with Gasteiger partial charge < -0.3 is 14.3 Å². The topological polar surface area (TPSA) is 42.6 Å². The largest absolute Gasteiger partial charge is 0.490 e. The molecule has 16 heavy (non-hydrogen) atoms. The minimum Gasteiger partial charge on any atom is -0.490 e. The highest BCUT2D eigenvalue weighted by Gasteiger charge is 2.10. The van der Waals surface area contributed by atoms with E-state index in [1.165, 1.54) is 6.26 Å². The lowest BCUT2D eigenvalue weighted by atomic mass is 10.3. The molecule has 0 bridgehead atoms. The molecule has 0 amide bonds. The first-order chi connectivity index (χ1) is 7.75. The summed E-state index contributed by atoms with van der Waals surface area (Å²) >= 11 is 3.34. The lowest BCUT2D eigenvalue weighted by molar-refractivity contribution is 0.0888. The van der Waals surface area contributed by atoms with Crippen LogP contribution in [-0.4, -0.2) is 11.7 Å². The minimum absolute atomic E-state index is 0.176. The third kappa shape index (κ3) is 2.87. The Morgan fingerprint density at radius 1 is 1.25 bits per heavy atom. The zero-order chi connectivity index (χ0) is 11.4. The van der Waals surface area contributed by atoms with Crippen molar-refractivity contribution in [3.63, 3.8) is 0 Å². The van der Waals surface area contributed by atoms with Crippen molar-refractivity contribution in [3.8, 4) is 5.75 Å². The Kier molecular flexibility index (Phi) is 3.64. The van der Waals surface area contributed by atoms with Crippen molar-refractivity contribution < 1.29 is 14.3 Å². The zero-order valence-corrected chi connectivity index (χ0v) is 10.1. The van der Waals surface area contributed by atoms with Gasteiger partial charge >= 0.3 is 0 Å². The van der Waals surface area contributed by atoms with Crippen LogP contribution in [-0.2, 0) is 0 Å². The molecule has 1 unspecified atom stereocenters. The molecule has 1 aromatic carbocycles. The Balaban J connectivity index is 1.90. The first-order valence-electron chi connectivity index (χ1n) is 4.85. The van der Waals surface area contributed by atoms with E-state index in [0.29, 0.717) is 11.5 Å². The van der Waals surface area contributed by atoms with Crippen LogP contribution in [0.25, 0.3) is 0 Å². The Labute approximate surface area is 102 Å². The van der Waals surface area contributed by atoms with Gasteiger partial charge in [0.25, 0.3) is 0 Å². The summed E-state index contributed by atoms with van der Waals surface area (Å²) in [4.78, 5) is 0. The van der Waals surface area contributed by atoms with Crippen LogP contribution >= 0.6 is 15.9 Å². The number of halogens is 1. The normalized spacial score (nSPS) is 12.4. The summed E-state index contributed by atoms with van der Waals surface area (Å²) in [5.41, 5.74) is 0. The summed E-state index contributed by atoms with van der Waals surface area (Å²) in [6.45, 7) is 0.176. The standard InChI is InChI=1S/C12H11BrO3/c13-9-3-5-10(6-4-9)16-8-11(14)12-2-1-7-15-12/h1-7,11,14H,8H2. The van der Waals surface area contributed by atoms with Gasteiger partial charge in [0.05, 0.1) is 6.26 Å². The number of hydrogen-bond acceptors (Lipinski definition) is 3. The number of aliphatic hydroxyl groups excluding tert-OH is 1. The number of rotatable bonds is 4. The molecule has 0 spiro atoms. The summed E-state index contributed by atoms with van der Waals surface area (Å²) in [5, 5.41) is 9.70. The van der Waals surface area contributed by atoms with Gasteiger partial charge in [0.2, 0.25) is 0 Å². The van der Waals surface area contributed by atoms with Gasteiger partial charge in [-0.15, -0.1) is 0 Å². The monoisotopic (exact) mass is 282 g/mol. The zero-order valence-electron chi connectivity index (χ0n) is 8.47. The average molecular weight is 283 g/mol. The van der Waals surface area contributed by atoms with Crippen molar-refractivity contribution in [2.24, 2.45) is 0 Å². The lowest BCUT2D eigenvalue weighted by Crippen LogP contribution is -2.08. The molecular weight excluding hydrogens is 272 g/mol. The van der Waals surface area contributed by atoms with Crippen LogP contribution in [0.5, 0.6) is 5.75 Å². The van der Waals surface area contributed by atoms with Gasteiger partial charge in [0.15, 0.2) is 0 Å². The fraction of sp³-hybridized carbons (Fsp3) is 0.167. The molecule has 0 saturated heterocycles. The third-order valence-electron chi connectivity index (χ3n) is 2.09. The van der Waals surface area contributed by atoms with Gasteiger partial charge in [0.1, 0.15) is 24.2 Å². The highest BCUT2D eigenvalue weighted by molar-refractivity contribution is 9.10. The van der Waals surface area contributed by atoms with Crippen molar-refractivity contribution in [1.29, 1.82) is 0 Å². The first-order valence-corrected chi connectivity index (χ1v) is 5.65. The third-order valence-corrected chi connectivity index (χ3v) is 2.62. The highest BCUT2D eigenvalue weighted by Crippen LogP contribution is 2.19. The Hall–Kier alpha value is -1.26. The molecule has 84 valence electrons. The summed E-state index contributed by atoms with van der Waals surface area (Å²) in [7, 11) is 0. The molecule has 0 aliphatic heterocycles. The van der Waals surface area contributed by atoms with Gasteiger partial charge in [-0.3, -0.25) is 0 Å². The molecule has 1 atom stereocenters. The van der Waals surface area contributed by atoms with E-state index in [9.17, 15) is 5.11 Å². The number of furan rings is 1. The van der Waals surface area contributed by atoms with Gasteiger partial charge in [-0.05, 0) is 36.4 Å². The molecule has 0 radical (unpaired) electrons. The van der Waals surface area contributed by atoms with Crippen LogP contribution < -0.4 is 4.74 Å². The number of aliphatic hydroxyl groups is 1. The smallest absolute Gasteiger partial charge is 0.145 e. The second kappa shape index (κ2) is 5.18. The predicted molar refractivity (Wildman–Crippen MR) is 63.3 cm³/mol. The summed E-state index contributed by atoms with van der Waals surface area (Å²) < 4.78 is 11.5. The van der Waals surface area contributed by atoms with E-state index in [0.717, 1.165) is 4.47 Å². The van der Waals surface area contributed by atoms with Gasteiger partial charge in [0, 0.05) is 4.47 Å². The van der Waals surface area contributed by atoms with E-state index in [1.54, 1.807) is 12.1 Å². The van der Waals surface area contributed by atoms with Crippen molar-refractivity contribution in [3.05, 3.63) is 52.9 Å². The van der Waals surface area contributed by atoms with E-state index in [1.807, 2.05) is 24.3 Å². The van der Waals surface area contributed by atoms with Crippen molar-refractivity contribution >= 4 is 15.9 Å². The van der Waals surface area contributed by atoms with E-state index < -0.39 is 6.10 Å². The van der Waals surface area contributed by atoms with E-state index in [4.69, 9.17) is 9.15 Å². The van der Waals surface area contributed by atoms with Crippen LogP contribution in [0.4, 0.5) is 0 Å². The fourth-order valence-corrected chi connectivity index (χ4v) is 1.53. The van der Waals surface area contributed by atoms with E-state index >= 15 is 0 Å². The quantitative estimate of drug-likeness (QED) is 0.937. The van der Waals surface area contributed by atoms with Gasteiger partial charge in [-0.1, -0.05) is 15.9 Å². The molecule has 2 aromatic rings. The molecule has 1 N–H and O–H groups in total. The lowest BCUT2D eigenvalue weighted by Gasteiger charge is -2.10. The maximum Gasteiger partial charge on any atom is 0.145 e. The Bertz CT molecular complexity index is 422. The van der Waals surface area contributed by atoms with Crippen LogP contribution in [0.2, 0.25) is 0 Å². The average Bonchev–Trinajstić information content (AvgIpc) is 2.81. The highest BCUT2D eigenvalue weighted by atomic mass is 79.9. The molecule has 0 saturated carbocycles. The number of ether oxygens (including phenoxy) is 1. The second-order valence-electron chi connectivity index (χ2n) is 3.30. The number of hydrogen-bond donors (Lipinski definition) is 1. The van der Waals surface area contributed by atoms with Crippen LogP contribution in [0.3, 0.4) is 0 Å². The Morgan fingerprint density at radius 3 is 2.62 bits per heavy atom. The SMILES string of the molecule is OC(COc1ccc(Br)cc1)c1ccco1. The van der Waals surface area contributed by atoms with Crippen molar-refractivity contribution in [1.82, 2.24) is 0 Å². The molecule has 0 aliphatic rings. The van der Waals surface area contributed by atoms with Crippen molar-refractivity contribution in [2.75, 3.05) is 6.61 Å². The molecule has 4 heteroatoms. The maximum atomic E-state index is 9.70. The predicted octanol–water partition coefficient (Wildman–Crippen LogP) is 3.15. The number of benzene rings is 1. The fourth-order valence-electron chi connectivity index (χ4n) is 1.27. The molecular formula is C12H11BrO3. The summed E-state index contributed by atoms with van der Waals surface area (Å²) in [6, 6.07) is 10.9. The minimum atomic E-state index is -0.737. The summed E-state index contributed by atoms with van der Waals surface area (Å²) in [5.74, 6) is 1.23. The van der Waals surface area contributed by atoms with Gasteiger partial charge in [-0.2, -0.15) is 0 Å². The van der Waals surface area contributed by atoms with Crippen LogP contribution in [0.15, 0.2) is 51.6 Å². The van der Waals surface area contributed by atoms with Crippen LogP contribution in [0.1, 0.15) is 11.9 Å². The van der Waals surface area contributed by atoms with E-state index in [-0.39, 0.29) is 6.61 Å². The Morgan fingerprint density at radius 2 is 2.00 bits per heavy atom. The van der Waals surface area contributed by atoms with Gasteiger partial charge in [-0.25, -0.2) is 0 Å².